The number of hydrogen-bond acceptors (Lipinski definition) is 1. The zero-order valence-electron chi connectivity index (χ0n) is 7.77. The van der Waals surface area contributed by atoms with Crippen LogP contribution in [0.4, 0.5) is 0 Å². The van der Waals surface area contributed by atoms with Gasteiger partial charge in [-0.3, -0.25) is 4.21 Å². The minimum Gasteiger partial charge on any atom is -0.260 e. The van der Waals surface area contributed by atoms with Crippen molar-refractivity contribution in [3.05, 3.63) is 0 Å². The Morgan fingerprint density at radius 2 is 1.55 bits per heavy atom. The van der Waals surface area contributed by atoms with Crippen LogP contribution in [-0.4, -0.2) is 16.2 Å². The lowest BCUT2D eigenvalue weighted by Crippen LogP contribution is -1.93. The third kappa shape index (κ3) is 10.2. The number of hydrogen-bond donors (Lipinski definition) is 0. The summed E-state index contributed by atoms with van der Waals surface area (Å²) in [6, 6.07) is 0. The molecule has 0 aliphatic carbocycles. The summed E-state index contributed by atoms with van der Waals surface area (Å²) in [5, 5.41) is 0. The summed E-state index contributed by atoms with van der Waals surface area (Å²) in [5.41, 5.74) is 0. The van der Waals surface area contributed by atoms with Crippen molar-refractivity contribution < 1.29 is 4.21 Å². The Morgan fingerprint density at radius 3 is 2.09 bits per heavy atom. The summed E-state index contributed by atoms with van der Waals surface area (Å²) in [5.74, 6) is 0.895. The Morgan fingerprint density at radius 1 is 1.00 bits per heavy atom. The maximum Gasteiger partial charge on any atom is 0.0232 e. The molecule has 0 bridgehead atoms. The van der Waals surface area contributed by atoms with Gasteiger partial charge in [0.05, 0.1) is 0 Å². The van der Waals surface area contributed by atoms with Crippen molar-refractivity contribution in [3.8, 4) is 0 Å². The Labute approximate surface area is 73.0 Å². The fourth-order valence-electron chi connectivity index (χ4n) is 1.09. The van der Waals surface area contributed by atoms with E-state index in [0.717, 1.165) is 12.2 Å². The molecule has 68 valence electrons. The van der Waals surface area contributed by atoms with E-state index < -0.39 is 10.8 Å². The Kier molecular flexibility index (Phi) is 8.36. The maximum absolute atomic E-state index is 10.6. The zero-order chi connectivity index (χ0) is 8.53. The molecule has 0 aliphatic heterocycles. The van der Waals surface area contributed by atoms with E-state index in [9.17, 15) is 4.21 Å². The lowest BCUT2D eigenvalue weighted by Gasteiger charge is -1.97. The van der Waals surface area contributed by atoms with Crippen molar-refractivity contribution in [2.75, 3.05) is 12.0 Å². The molecule has 1 atom stereocenters. The molecule has 2 heteroatoms. The highest BCUT2D eigenvalue weighted by atomic mass is 32.2. The van der Waals surface area contributed by atoms with Gasteiger partial charge in [-0.2, -0.15) is 0 Å². The lowest BCUT2D eigenvalue weighted by molar-refractivity contribution is 0.622. The maximum atomic E-state index is 10.6. The fraction of sp³-hybridized carbons (Fsp3) is 1.00. The molecule has 0 N–H and O–H groups in total. The van der Waals surface area contributed by atoms with Gasteiger partial charge in [-0.05, 0) is 6.42 Å². The highest BCUT2D eigenvalue weighted by Gasteiger charge is 1.91. The van der Waals surface area contributed by atoms with Crippen molar-refractivity contribution in [1.82, 2.24) is 0 Å². The van der Waals surface area contributed by atoms with E-state index in [1.165, 1.54) is 32.1 Å². The van der Waals surface area contributed by atoms with Crippen LogP contribution in [0.15, 0.2) is 0 Å². The van der Waals surface area contributed by atoms with Gasteiger partial charge in [0.15, 0.2) is 0 Å². The van der Waals surface area contributed by atoms with E-state index in [-0.39, 0.29) is 0 Å². The minimum atomic E-state index is -0.573. The molecule has 0 radical (unpaired) electrons. The summed E-state index contributed by atoms with van der Waals surface area (Å²) < 4.78 is 10.6. The molecule has 11 heavy (non-hydrogen) atoms. The second-order valence-electron chi connectivity index (χ2n) is 3.05. The smallest absolute Gasteiger partial charge is 0.0232 e. The molecule has 0 heterocycles. The van der Waals surface area contributed by atoms with E-state index in [0.29, 0.717) is 0 Å². The van der Waals surface area contributed by atoms with E-state index in [2.05, 4.69) is 6.92 Å². The predicted octanol–water partition coefficient (Wildman–Crippen LogP) is 2.73. The molecule has 0 fully saturated rings. The predicted molar refractivity (Wildman–Crippen MR) is 52.3 cm³/mol. The monoisotopic (exact) mass is 176 g/mol. The summed E-state index contributed by atoms with van der Waals surface area (Å²) >= 11 is 0. The molecular weight excluding hydrogens is 156 g/mol. The third-order valence-corrected chi connectivity index (χ3v) is 2.65. The van der Waals surface area contributed by atoms with Crippen LogP contribution in [0.25, 0.3) is 0 Å². The van der Waals surface area contributed by atoms with Crippen LogP contribution >= 0.6 is 0 Å². The summed E-state index contributed by atoms with van der Waals surface area (Å²) in [6.45, 7) is 2.22. The molecule has 0 rings (SSSR count). The fourth-order valence-corrected chi connectivity index (χ4v) is 1.70. The largest absolute Gasteiger partial charge is 0.260 e. The van der Waals surface area contributed by atoms with Crippen molar-refractivity contribution in [3.63, 3.8) is 0 Å². The molecule has 0 aromatic rings. The molecule has 0 spiro atoms. The average Bonchev–Trinajstić information content (AvgIpc) is 1.96. The van der Waals surface area contributed by atoms with Crippen molar-refractivity contribution in [2.45, 2.75) is 45.4 Å². The van der Waals surface area contributed by atoms with Crippen molar-refractivity contribution >= 4 is 10.8 Å². The van der Waals surface area contributed by atoms with Gasteiger partial charge >= 0.3 is 0 Å². The highest BCUT2D eigenvalue weighted by molar-refractivity contribution is 7.84. The van der Waals surface area contributed by atoms with Gasteiger partial charge in [0.2, 0.25) is 0 Å². The Hall–Kier alpha value is 0.150. The van der Waals surface area contributed by atoms with Gasteiger partial charge in [0.1, 0.15) is 0 Å². The van der Waals surface area contributed by atoms with E-state index in [1.807, 2.05) is 0 Å². The van der Waals surface area contributed by atoms with Gasteiger partial charge in [0.25, 0.3) is 0 Å². The molecular formula is C9H20OS. The highest BCUT2D eigenvalue weighted by Crippen LogP contribution is 2.04. The first-order valence-electron chi connectivity index (χ1n) is 4.57. The van der Waals surface area contributed by atoms with Gasteiger partial charge in [-0.1, -0.05) is 39.0 Å². The standard InChI is InChI=1S/C9H20OS/c1-3-4-5-6-7-8-9-11(2)10/h3-9H2,1-2H3. The van der Waals surface area contributed by atoms with Gasteiger partial charge in [0, 0.05) is 22.8 Å². The second kappa shape index (κ2) is 8.25. The van der Waals surface area contributed by atoms with Gasteiger partial charge < -0.3 is 0 Å². The minimum absolute atomic E-state index is 0.573. The molecule has 0 saturated heterocycles. The first kappa shape index (κ1) is 11.2. The Bertz CT molecular complexity index is 102. The summed E-state index contributed by atoms with van der Waals surface area (Å²) in [4.78, 5) is 0. The number of rotatable bonds is 7. The van der Waals surface area contributed by atoms with Gasteiger partial charge in [-0.25, -0.2) is 0 Å². The van der Waals surface area contributed by atoms with Crippen LogP contribution in [0, 0.1) is 0 Å². The normalized spacial score (nSPS) is 13.3. The van der Waals surface area contributed by atoms with E-state index in [4.69, 9.17) is 0 Å². The molecule has 0 aliphatic rings. The zero-order valence-corrected chi connectivity index (χ0v) is 8.58. The van der Waals surface area contributed by atoms with Crippen LogP contribution in [0.1, 0.15) is 45.4 Å². The lowest BCUT2D eigenvalue weighted by atomic mass is 10.1. The SMILES string of the molecule is CCCCCCCCS(C)=O. The van der Waals surface area contributed by atoms with Crippen LogP contribution in [0.3, 0.4) is 0 Å². The first-order chi connectivity index (χ1) is 5.27. The van der Waals surface area contributed by atoms with Crippen LogP contribution < -0.4 is 0 Å². The average molecular weight is 176 g/mol. The Balaban J connectivity index is 2.85. The third-order valence-electron chi connectivity index (χ3n) is 1.79. The molecule has 0 aromatic carbocycles. The summed E-state index contributed by atoms with van der Waals surface area (Å²) in [6.07, 6.45) is 9.53. The van der Waals surface area contributed by atoms with Crippen molar-refractivity contribution in [1.29, 1.82) is 0 Å². The second-order valence-corrected chi connectivity index (χ2v) is 4.60. The first-order valence-corrected chi connectivity index (χ1v) is 6.30. The topological polar surface area (TPSA) is 17.1 Å². The molecule has 1 unspecified atom stereocenters. The van der Waals surface area contributed by atoms with E-state index in [1.54, 1.807) is 6.26 Å². The van der Waals surface area contributed by atoms with Crippen molar-refractivity contribution in [2.24, 2.45) is 0 Å². The van der Waals surface area contributed by atoms with Gasteiger partial charge in [-0.15, -0.1) is 0 Å². The molecule has 1 nitrogen and oxygen atoms in total. The quantitative estimate of drug-likeness (QED) is 0.545. The molecule has 0 amide bonds. The van der Waals surface area contributed by atoms with Crippen LogP contribution in [-0.2, 0) is 10.8 Å². The molecule has 0 aromatic heterocycles. The van der Waals surface area contributed by atoms with Crippen LogP contribution in [0.2, 0.25) is 0 Å². The number of unbranched alkanes of at least 4 members (excludes halogenated alkanes) is 5. The van der Waals surface area contributed by atoms with E-state index >= 15 is 0 Å². The summed E-state index contributed by atoms with van der Waals surface area (Å²) in [7, 11) is -0.573. The van der Waals surface area contributed by atoms with Crippen LogP contribution in [0.5, 0.6) is 0 Å². The molecule has 0 saturated carbocycles.